The first-order chi connectivity index (χ1) is 8.54. The Morgan fingerprint density at radius 1 is 1.28 bits per heavy atom. The van der Waals surface area contributed by atoms with Gasteiger partial charge in [0.2, 0.25) is 0 Å². The summed E-state index contributed by atoms with van der Waals surface area (Å²) in [5.74, 6) is -0.145. The Morgan fingerprint density at radius 2 is 1.89 bits per heavy atom. The molecule has 5 heteroatoms. The fourth-order valence-corrected chi connectivity index (χ4v) is 1.51. The number of alkyl halides is 2. The second kappa shape index (κ2) is 7.06. The fraction of sp³-hybridized carbons (Fsp3) is 0.462. The molecular weight excluding hydrogens is 242 g/mol. The van der Waals surface area contributed by atoms with Crippen molar-refractivity contribution in [3.63, 3.8) is 0 Å². The van der Waals surface area contributed by atoms with Gasteiger partial charge in [0, 0.05) is 25.2 Å². The van der Waals surface area contributed by atoms with E-state index in [0.717, 1.165) is 0 Å². The zero-order chi connectivity index (χ0) is 13.5. The number of rotatable bonds is 7. The van der Waals surface area contributed by atoms with E-state index in [0.29, 0.717) is 18.6 Å². The van der Waals surface area contributed by atoms with Crippen molar-refractivity contribution in [1.29, 1.82) is 0 Å². The van der Waals surface area contributed by atoms with Gasteiger partial charge in [-0.3, -0.25) is 4.79 Å². The molecule has 100 valence electrons. The van der Waals surface area contributed by atoms with Crippen molar-refractivity contribution in [2.45, 2.75) is 20.0 Å². The molecule has 3 nitrogen and oxygen atoms in total. The minimum absolute atomic E-state index is 0.0318. The van der Waals surface area contributed by atoms with Crippen molar-refractivity contribution in [3.8, 4) is 5.75 Å². The molecule has 0 amide bonds. The van der Waals surface area contributed by atoms with Crippen LogP contribution in [0.15, 0.2) is 24.3 Å². The van der Waals surface area contributed by atoms with Crippen LogP contribution >= 0.6 is 0 Å². The van der Waals surface area contributed by atoms with E-state index in [-0.39, 0.29) is 17.5 Å². The second-order valence-corrected chi connectivity index (χ2v) is 3.95. The minimum Gasteiger partial charge on any atom is -0.435 e. The van der Waals surface area contributed by atoms with Crippen LogP contribution in [0.25, 0.3) is 0 Å². The number of ether oxygens (including phenoxy) is 2. The zero-order valence-electron chi connectivity index (χ0n) is 10.4. The monoisotopic (exact) mass is 258 g/mol. The highest BCUT2D eigenvalue weighted by molar-refractivity contribution is 5.97. The average molecular weight is 258 g/mol. The quantitative estimate of drug-likeness (QED) is 0.705. The number of benzene rings is 1. The fourth-order valence-electron chi connectivity index (χ4n) is 1.51. The lowest BCUT2D eigenvalue weighted by Gasteiger charge is -2.10. The van der Waals surface area contributed by atoms with Crippen molar-refractivity contribution < 1.29 is 23.0 Å². The number of halogens is 2. The summed E-state index contributed by atoms with van der Waals surface area (Å²) in [6.45, 7) is -0.531. The van der Waals surface area contributed by atoms with Gasteiger partial charge < -0.3 is 9.47 Å². The van der Waals surface area contributed by atoms with Crippen LogP contribution in [0.3, 0.4) is 0 Å². The molecule has 0 aliphatic heterocycles. The van der Waals surface area contributed by atoms with Gasteiger partial charge in [-0.2, -0.15) is 8.78 Å². The molecule has 0 saturated heterocycles. The molecule has 1 aromatic rings. The topological polar surface area (TPSA) is 35.5 Å². The molecule has 1 unspecified atom stereocenters. The Labute approximate surface area is 105 Å². The highest BCUT2D eigenvalue weighted by Crippen LogP contribution is 2.18. The lowest BCUT2D eigenvalue weighted by molar-refractivity contribution is -0.0498. The number of hydrogen-bond acceptors (Lipinski definition) is 3. The van der Waals surface area contributed by atoms with Gasteiger partial charge in [0.05, 0.1) is 0 Å². The first-order valence-corrected chi connectivity index (χ1v) is 5.62. The molecule has 0 saturated carbocycles. The first kappa shape index (κ1) is 14.6. The van der Waals surface area contributed by atoms with Gasteiger partial charge in [-0.25, -0.2) is 0 Å². The Balaban J connectivity index is 2.63. The van der Waals surface area contributed by atoms with E-state index in [1.807, 2.05) is 6.92 Å². The maximum Gasteiger partial charge on any atom is 0.387 e. The third kappa shape index (κ3) is 4.41. The van der Waals surface area contributed by atoms with Crippen molar-refractivity contribution in [2.75, 3.05) is 13.7 Å². The van der Waals surface area contributed by atoms with Crippen LogP contribution in [-0.2, 0) is 4.74 Å². The summed E-state index contributed by atoms with van der Waals surface area (Å²) in [5, 5.41) is 0. The number of carbonyl (C=O) groups excluding carboxylic acids is 1. The number of hydrogen-bond donors (Lipinski definition) is 0. The first-order valence-electron chi connectivity index (χ1n) is 5.62. The van der Waals surface area contributed by atoms with Crippen molar-refractivity contribution in [1.82, 2.24) is 0 Å². The maximum absolute atomic E-state index is 11.9. The van der Waals surface area contributed by atoms with E-state index < -0.39 is 6.61 Å². The molecule has 0 bridgehead atoms. The third-order valence-electron chi connectivity index (χ3n) is 2.57. The minimum atomic E-state index is -2.85. The standard InChI is InChI=1S/C13H16F2O3/c1-9(7-8-17-2)12(16)10-3-5-11(6-4-10)18-13(14)15/h3-6,9,13H,7-8H2,1-2H3. The Morgan fingerprint density at radius 3 is 2.39 bits per heavy atom. The molecule has 0 heterocycles. The number of methoxy groups -OCH3 is 1. The number of Topliss-reactive ketones (excluding diaryl/α,β-unsaturated/α-hetero) is 1. The summed E-state index contributed by atoms with van der Waals surface area (Å²) in [4.78, 5) is 11.9. The Hall–Kier alpha value is -1.49. The van der Waals surface area contributed by atoms with Crippen LogP contribution in [0.1, 0.15) is 23.7 Å². The molecule has 1 aromatic carbocycles. The predicted octanol–water partition coefficient (Wildman–Crippen LogP) is 3.14. The molecule has 1 atom stereocenters. The van der Waals surface area contributed by atoms with Crippen LogP contribution in [0.4, 0.5) is 8.78 Å². The summed E-state index contributed by atoms with van der Waals surface area (Å²) in [6, 6.07) is 5.71. The molecule has 0 aliphatic rings. The van der Waals surface area contributed by atoms with E-state index in [4.69, 9.17) is 4.74 Å². The molecular formula is C13H16F2O3. The molecule has 18 heavy (non-hydrogen) atoms. The van der Waals surface area contributed by atoms with Crippen LogP contribution < -0.4 is 4.74 Å². The lowest BCUT2D eigenvalue weighted by atomic mass is 9.97. The largest absolute Gasteiger partial charge is 0.435 e. The van der Waals surface area contributed by atoms with E-state index >= 15 is 0 Å². The average Bonchev–Trinajstić information content (AvgIpc) is 2.35. The molecule has 0 N–H and O–H groups in total. The van der Waals surface area contributed by atoms with E-state index in [1.54, 1.807) is 7.11 Å². The summed E-state index contributed by atoms with van der Waals surface area (Å²) >= 11 is 0. The zero-order valence-corrected chi connectivity index (χ0v) is 10.4. The van der Waals surface area contributed by atoms with Crippen molar-refractivity contribution in [2.24, 2.45) is 5.92 Å². The second-order valence-electron chi connectivity index (χ2n) is 3.95. The molecule has 0 aliphatic carbocycles. The normalized spacial score (nSPS) is 12.5. The van der Waals surface area contributed by atoms with Crippen LogP contribution in [0.5, 0.6) is 5.75 Å². The lowest BCUT2D eigenvalue weighted by Crippen LogP contribution is -2.13. The Kier molecular flexibility index (Phi) is 5.71. The summed E-state index contributed by atoms with van der Waals surface area (Å²) in [6.07, 6.45) is 0.630. The van der Waals surface area contributed by atoms with Gasteiger partial charge in [0.1, 0.15) is 5.75 Å². The molecule has 1 rings (SSSR count). The predicted molar refractivity (Wildman–Crippen MR) is 63.1 cm³/mol. The van der Waals surface area contributed by atoms with Crippen LogP contribution in [0, 0.1) is 5.92 Å². The molecule has 0 spiro atoms. The van der Waals surface area contributed by atoms with Gasteiger partial charge in [0.15, 0.2) is 5.78 Å². The van der Waals surface area contributed by atoms with Gasteiger partial charge >= 0.3 is 6.61 Å². The van der Waals surface area contributed by atoms with Gasteiger partial charge in [-0.1, -0.05) is 6.92 Å². The Bertz CT molecular complexity index is 376. The summed E-state index contributed by atoms with van der Waals surface area (Å²) in [5.41, 5.74) is 0.486. The highest BCUT2D eigenvalue weighted by atomic mass is 19.3. The van der Waals surface area contributed by atoms with E-state index in [2.05, 4.69) is 4.74 Å². The molecule has 0 radical (unpaired) electrons. The third-order valence-corrected chi connectivity index (χ3v) is 2.57. The summed E-state index contributed by atoms with van der Waals surface area (Å²) < 4.78 is 33.0. The van der Waals surface area contributed by atoms with Crippen LogP contribution in [0.2, 0.25) is 0 Å². The number of carbonyl (C=O) groups is 1. The van der Waals surface area contributed by atoms with Crippen molar-refractivity contribution >= 4 is 5.78 Å². The maximum atomic E-state index is 11.9. The summed E-state index contributed by atoms with van der Waals surface area (Å²) in [7, 11) is 1.58. The SMILES string of the molecule is COCCC(C)C(=O)c1ccc(OC(F)F)cc1. The van der Waals surface area contributed by atoms with Gasteiger partial charge in [-0.05, 0) is 30.7 Å². The van der Waals surface area contributed by atoms with Crippen molar-refractivity contribution in [3.05, 3.63) is 29.8 Å². The number of ketones is 1. The smallest absolute Gasteiger partial charge is 0.387 e. The van der Waals surface area contributed by atoms with Crippen LogP contribution in [-0.4, -0.2) is 26.1 Å². The molecule has 0 aromatic heterocycles. The van der Waals surface area contributed by atoms with E-state index in [9.17, 15) is 13.6 Å². The van der Waals surface area contributed by atoms with Gasteiger partial charge in [0.25, 0.3) is 0 Å². The van der Waals surface area contributed by atoms with Gasteiger partial charge in [-0.15, -0.1) is 0 Å². The van der Waals surface area contributed by atoms with E-state index in [1.165, 1.54) is 24.3 Å². The molecule has 0 fully saturated rings. The highest BCUT2D eigenvalue weighted by Gasteiger charge is 2.15.